The Morgan fingerprint density at radius 3 is 2.61 bits per heavy atom. The highest BCUT2D eigenvalue weighted by Gasteiger charge is 2.18. The topological polar surface area (TPSA) is 93.5 Å². The number of ether oxygens (including phenoxy) is 1. The summed E-state index contributed by atoms with van der Waals surface area (Å²) in [5, 5.41) is 15.4. The number of carbonyl (C=O) groups is 2. The third kappa shape index (κ3) is 4.08. The number of alkyl carbamates (subject to hydrolysis) is 1. The normalized spacial score (nSPS) is 11.1. The second-order valence-electron chi connectivity index (χ2n) is 4.82. The van der Waals surface area contributed by atoms with Gasteiger partial charge in [-0.15, -0.1) is 0 Å². The van der Waals surface area contributed by atoms with Gasteiger partial charge in [-0.3, -0.25) is 4.68 Å². The summed E-state index contributed by atoms with van der Waals surface area (Å²) in [6, 6.07) is 0. The van der Waals surface area contributed by atoms with Gasteiger partial charge in [0, 0.05) is 13.2 Å². The van der Waals surface area contributed by atoms with Crippen molar-refractivity contribution in [2.75, 3.05) is 0 Å². The third-order valence-corrected chi connectivity index (χ3v) is 1.93. The number of carbonyl (C=O) groups excluding carboxylic acids is 1. The molecule has 100 valence electrons. The Morgan fingerprint density at radius 2 is 2.11 bits per heavy atom. The van der Waals surface area contributed by atoms with Crippen LogP contribution in [0.15, 0.2) is 6.20 Å². The van der Waals surface area contributed by atoms with Crippen LogP contribution in [0, 0.1) is 0 Å². The molecule has 0 aliphatic heterocycles. The molecule has 1 aromatic heterocycles. The van der Waals surface area contributed by atoms with E-state index in [1.54, 1.807) is 27.8 Å². The molecule has 2 N–H and O–H groups in total. The molecule has 1 rings (SSSR count). The minimum atomic E-state index is -1.08. The SMILES string of the molecule is Cn1cc(C(=O)O)c(CNC(=O)OC(C)(C)C)n1. The molecule has 0 aromatic carbocycles. The number of nitrogens with zero attached hydrogens (tertiary/aromatic N) is 2. The highest BCUT2D eigenvalue weighted by molar-refractivity contribution is 5.88. The monoisotopic (exact) mass is 255 g/mol. The standard InChI is InChI=1S/C11H17N3O4/c1-11(2,3)18-10(17)12-5-8-7(9(15)16)6-14(4)13-8/h6H,5H2,1-4H3,(H,12,17)(H,15,16). The number of hydrogen-bond acceptors (Lipinski definition) is 4. The van der Waals surface area contributed by atoms with Gasteiger partial charge >= 0.3 is 12.1 Å². The number of carboxylic acids is 1. The lowest BCUT2D eigenvalue weighted by atomic mass is 10.2. The van der Waals surface area contributed by atoms with Crippen LogP contribution in [0.3, 0.4) is 0 Å². The zero-order valence-electron chi connectivity index (χ0n) is 10.9. The summed E-state index contributed by atoms with van der Waals surface area (Å²) < 4.78 is 6.42. The Kier molecular flexibility index (Phi) is 3.95. The van der Waals surface area contributed by atoms with Gasteiger partial charge < -0.3 is 15.2 Å². The van der Waals surface area contributed by atoms with Gasteiger partial charge in [0.25, 0.3) is 0 Å². The van der Waals surface area contributed by atoms with E-state index in [4.69, 9.17) is 9.84 Å². The molecule has 0 aliphatic carbocycles. The fourth-order valence-electron chi connectivity index (χ4n) is 1.31. The number of aryl methyl sites for hydroxylation is 1. The summed E-state index contributed by atoms with van der Waals surface area (Å²) in [5.74, 6) is -1.08. The van der Waals surface area contributed by atoms with E-state index in [1.807, 2.05) is 0 Å². The Morgan fingerprint density at radius 1 is 1.50 bits per heavy atom. The minimum Gasteiger partial charge on any atom is -0.478 e. The maximum atomic E-state index is 11.4. The van der Waals surface area contributed by atoms with Crippen molar-refractivity contribution in [1.82, 2.24) is 15.1 Å². The lowest BCUT2D eigenvalue weighted by molar-refractivity contribution is 0.0520. The van der Waals surface area contributed by atoms with Crippen molar-refractivity contribution in [3.8, 4) is 0 Å². The van der Waals surface area contributed by atoms with Crippen molar-refractivity contribution in [3.05, 3.63) is 17.5 Å². The molecule has 1 amide bonds. The molecular weight excluding hydrogens is 238 g/mol. The molecule has 0 atom stereocenters. The highest BCUT2D eigenvalue weighted by atomic mass is 16.6. The summed E-state index contributed by atoms with van der Waals surface area (Å²) in [5.41, 5.74) is -0.242. The van der Waals surface area contributed by atoms with Crippen molar-refractivity contribution < 1.29 is 19.4 Å². The fourth-order valence-corrected chi connectivity index (χ4v) is 1.31. The largest absolute Gasteiger partial charge is 0.478 e. The average Bonchev–Trinajstić information content (AvgIpc) is 2.54. The van der Waals surface area contributed by atoms with Gasteiger partial charge in [-0.05, 0) is 20.8 Å². The van der Waals surface area contributed by atoms with Crippen molar-refractivity contribution in [3.63, 3.8) is 0 Å². The molecule has 18 heavy (non-hydrogen) atoms. The van der Waals surface area contributed by atoms with E-state index in [9.17, 15) is 9.59 Å². The molecule has 0 bridgehead atoms. The van der Waals surface area contributed by atoms with E-state index in [0.29, 0.717) is 0 Å². The molecule has 0 unspecified atom stereocenters. The molecule has 0 saturated heterocycles. The molecule has 1 heterocycles. The van der Waals surface area contributed by atoms with Crippen molar-refractivity contribution >= 4 is 12.1 Å². The molecule has 7 heteroatoms. The van der Waals surface area contributed by atoms with Crippen molar-refractivity contribution in [2.45, 2.75) is 32.9 Å². The predicted molar refractivity (Wildman–Crippen MR) is 63.2 cm³/mol. The summed E-state index contributed by atoms with van der Waals surface area (Å²) in [6.07, 6.45) is 0.776. The summed E-state index contributed by atoms with van der Waals surface area (Å²) in [6.45, 7) is 5.25. The summed E-state index contributed by atoms with van der Waals surface area (Å²) >= 11 is 0. The Balaban J connectivity index is 2.64. The Labute approximate surface area is 105 Å². The molecular formula is C11H17N3O4. The van der Waals surface area contributed by atoms with Gasteiger partial charge in [0.15, 0.2) is 0 Å². The van der Waals surface area contributed by atoms with Gasteiger partial charge in [0.1, 0.15) is 11.2 Å². The zero-order valence-corrected chi connectivity index (χ0v) is 10.9. The number of aromatic carboxylic acids is 1. The smallest absolute Gasteiger partial charge is 0.407 e. The van der Waals surface area contributed by atoms with Gasteiger partial charge in [0.05, 0.1) is 12.2 Å². The van der Waals surface area contributed by atoms with Crippen LogP contribution in [-0.4, -0.2) is 32.6 Å². The van der Waals surface area contributed by atoms with E-state index >= 15 is 0 Å². The lowest BCUT2D eigenvalue weighted by Gasteiger charge is -2.19. The average molecular weight is 255 g/mol. The second kappa shape index (κ2) is 5.07. The molecule has 0 spiro atoms. The van der Waals surface area contributed by atoms with Crippen LogP contribution < -0.4 is 5.32 Å². The maximum Gasteiger partial charge on any atom is 0.407 e. The molecule has 0 radical (unpaired) electrons. The number of hydrogen-bond donors (Lipinski definition) is 2. The van der Waals surface area contributed by atoms with Gasteiger partial charge in [-0.1, -0.05) is 0 Å². The maximum absolute atomic E-state index is 11.4. The number of aromatic nitrogens is 2. The van der Waals surface area contributed by atoms with Crippen LogP contribution in [0.5, 0.6) is 0 Å². The number of rotatable bonds is 3. The molecule has 0 saturated carbocycles. The van der Waals surface area contributed by atoms with Crippen LogP contribution in [0.1, 0.15) is 36.8 Å². The van der Waals surface area contributed by atoms with Crippen LogP contribution in [0.25, 0.3) is 0 Å². The Hall–Kier alpha value is -2.05. The van der Waals surface area contributed by atoms with Gasteiger partial charge in [-0.25, -0.2) is 9.59 Å². The number of carboxylic acid groups (broad SMARTS) is 1. The molecule has 7 nitrogen and oxygen atoms in total. The summed E-state index contributed by atoms with van der Waals surface area (Å²) in [4.78, 5) is 22.3. The fraction of sp³-hybridized carbons (Fsp3) is 0.545. The highest BCUT2D eigenvalue weighted by Crippen LogP contribution is 2.08. The second-order valence-corrected chi connectivity index (χ2v) is 4.82. The first kappa shape index (κ1) is 14.0. The minimum absolute atomic E-state index is 0.0113. The van der Waals surface area contributed by atoms with Crippen LogP contribution in [0.4, 0.5) is 4.79 Å². The van der Waals surface area contributed by atoms with Gasteiger partial charge in [-0.2, -0.15) is 5.10 Å². The third-order valence-electron chi connectivity index (χ3n) is 1.93. The summed E-state index contributed by atoms with van der Waals surface area (Å²) in [7, 11) is 1.61. The van der Waals surface area contributed by atoms with E-state index < -0.39 is 17.7 Å². The number of nitrogens with one attached hydrogen (secondary N) is 1. The van der Waals surface area contributed by atoms with Gasteiger partial charge in [0.2, 0.25) is 0 Å². The van der Waals surface area contributed by atoms with E-state index in [-0.39, 0.29) is 17.8 Å². The van der Waals surface area contributed by atoms with Crippen LogP contribution in [0.2, 0.25) is 0 Å². The molecule has 1 aromatic rings. The first-order valence-electron chi connectivity index (χ1n) is 5.41. The zero-order chi connectivity index (χ0) is 13.9. The molecule has 0 fully saturated rings. The predicted octanol–water partition coefficient (Wildman–Crippen LogP) is 1.14. The van der Waals surface area contributed by atoms with E-state index in [0.717, 1.165) is 0 Å². The molecule has 0 aliphatic rings. The van der Waals surface area contributed by atoms with Crippen LogP contribution in [-0.2, 0) is 18.3 Å². The van der Waals surface area contributed by atoms with E-state index in [1.165, 1.54) is 10.9 Å². The van der Waals surface area contributed by atoms with Crippen molar-refractivity contribution in [1.29, 1.82) is 0 Å². The van der Waals surface area contributed by atoms with Crippen LogP contribution >= 0.6 is 0 Å². The van der Waals surface area contributed by atoms with Crippen molar-refractivity contribution in [2.24, 2.45) is 7.05 Å². The quantitative estimate of drug-likeness (QED) is 0.844. The van der Waals surface area contributed by atoms with E-state index in [2.05, 4.69) is 10.4 Å². The Bertz CT molecular complexity index is 459. The lowest BCUT2D eigenvalue weighted by Crippen LogP contribution is -2.32. The first-order valence-corrected chi connectivity index (χ1v) is 5.41. The first-order chi connectivity index (χ1) is 8.19. The number of amides is 1.